The smallest absolute Gasteiger partial charge is 0.227 e. The molecule has 25 heavy (non-hydrogen) atoms. The molecule has 1 aliphatic heterocycles. The molecule has 0 spiro atoms. The molecule has 0 N–H and O–H groups in total. The van der Waals surface area contributed by atoms with Crippen molar-refractivity contribution in [2.75, 3.05) is 18.5 Å². The van der Waals surface area contributed by atoms with E-state index in [1.54, 1.807) is 12.4 Å². The molecule has 2 heterocycles. The van der Waals surface area contributed by atoms with Crippen molar-refractivity contribution in [2.45, 2.75) is 38.3 Å². The molecule has 0 saturated carbocycles. The van der Waals surface area contributed by atoms with E-state index in [1.165, 1.54) is 12.1 Å². The van der Waals surface area contributed by atoms with Gasteiger partial charge in [0.2, 0.25) is 5.91 Å². The number of anilines is 1. The maximum atomic E-state index is 12.7. The van der Waals surface area contributed by atoms with E-state index in [2.05, 4.69) is 57.0 Å². The first-order valence-corrected chi connectivity index (χ1v) is 9.52. The van der Waals surface area contributed by atoms with E-state index in [9.17, 15) is 4.79 Å². The van der Waals surface area contributed by atoms with Crippen molar-refractivity contribution in [3.63, 3.8) is 0 Å². The standard InChI is InChI=1S/C20H24BrN3O/c1-15(19-9-6-10-24(19)18-7-4-3-5-8-18)23(2)20(25)12-16-11-17(21)14-22-13-16/h3-5,7-8,11,13-15,19H,6,9-10,12H2,1-2H3/t15-,19?/m0/s1. The average molecular weight is 402 g/mol. The van der Waals surface area contributed by atoms with E-state index in [1.807, 2.05) is 24.1 Å². The van der Waals surface area contributed by atoms with Gasteiger partial charge in [0, 0.05) is 48.2 Å². The van der Waals surface area contributed by atoms with Gasteiger partial charge in [0.05, 0.1) is 6.42 Å². The van der Waals surface area contributed by atoms with Crippen LogP contribution in [0.5, 0.6) is 0 Å². The Hall–Kier alpha value is -1.88. The first-order valence-electron chi connectivity index (χ1n) is 8.73. The largest absolute Gasteiger partial charge is 0.366 e. The lowest BCUT2D eigenvalue weighted by atomic mass is 10.0. The Kier molecular flexibility index (Phi) is 5.74. The SMILES string of the molecule is C[C@@H](C1CCCN1c1ccccc1)N(C)C(=O)Cc1cncc(Br)c1. The quantitative estimate of drug-likeness (QED) is 0.761. The molecule has 1 aliphatic rings. The molecule has 132 valence electrons. The van der Waals surface area contributed by atoms with Crippen LogP contribution in [0.15, 0.2) is 53.3 Å². The van der Waals surface area contributed by atoms with Gasteiger partial charge in [0.1, 0.15) is 0 Å². The number of rotatable bonds is 5. The van der Waals surface area contributed by atoms with Crippen LogP contribution in [0, 0.1) is 0 Å². The summed E-state index contributed by atoms with van der Waals surface area (Å²) in [5.41, 5.74) is 2.18. The van der Waals surface area contributed by atoms with E-state index in [0.29, 0.717) is 12.5 Å². The van der Waals surface area contributed by atoms with Gasteiger partial charge in [0.25, 0.3) is 0 Å². The number of hydrogen-bond donors (Lipinski definition) is 0. The van der Waals surface area contributed by atoms with Gasteiger partial charge in [-0.05, 0) is 59.5 Å². The molecule has 1 saturated heterocycles. The van der Waals surface area contributed by atoms with E-state index in [4.69, 9.17) is 0 Å². The Morgan fingerprint density at radius 1 is 1.36 bits per heavy atom. The van der Waals surface area contributed by atoms with Crippen LogP contribution >= 0.6 is 15.9 Å². The summed E-state index contributed by atoms with van der Waals surface area (Å²) in [5.74, 6) is 0.132. The summed E-state index contributed by atoms with van der Waals surface area (Å²) < 4.78 is 0.902. The third-order valence-electron chi connectivity index (χ3n) is 5.07. The summed E-state index contributed by atoms with van der Waals surface area (Å²) in [6, 6.07) is 13.0. The number of nitrogens with zero attached hydrogens (tertiary/aromatic N) is 3. The predicted octanol–water partition coefficient (Wildman–Crippen LogP) is 3.90. The van der Waals surface area contributed by atoms with Gasteiger partial charge in [-0.1, -0.05) is 18.2 Å². The highest BCUT2D eigenvalue weighted by atomic mass is 79.9. The Morgan fingerprint density at radius 2 is 2.12 bits per heavy atom. The Balaban J connectivity index is 1.68. The summed E-state index contributed by atoms with van der Waals surface area (Å²) in [5, 5.41) is 0. The Labute approximate surface area is 158 Å². The van der Waals surface area contributed by atoms with E-state index >= 15 is 0 Å². The summed E-state index contributed by atoms with van der Waals surface area (Å²) in [7, 11) is 1.92. The zero-order valence-corrected chi connectivity index (χ0v) is 16.3. The zero-order valence-electron chi connectivity index (χ0n) is 14.7. The van der Waals surface area contributed by atoms with Crippen molar-refractivity contribution in [1.29, 1.82) is 0 Å². The molecule has 0 aliphatic carbocycles. The summed E-state index contributed by atoms with van der Waals surface area (Å²) in [6.07, 6.45) is 6.16. The number of pyridine rings is 1. The first kappa shape index (κ1) is 17.9. The number of likely N-dealkylation sites (N-methyl/N-ethyl adjacent to an activating group) is 1. The molecular formula is C20H24BrN3O. The van der Waals surface area contributed by atoms with Crippen LogP contribution in [0.25, 0.3) is 0 Å². The molecule has 1 unspecified atom stereocenters. The monoisotopic (exact) mass is 401 g/mol. The lowest BCUT2D eigenvalue weighted by Gasteiger charge is -2.36. The third kappa shape index (κ3) is 4.21. The summed E-state index contributed by atoms with van der Waals surface area (Å²) in [6.45, 7) is 3.21. The molecule has 1 amide bonds. The fourth-order valence-electron chi connectivity index (χ4n) is 3.57. The molecule has 4 nitrogen and oxygen atoms in total. The van der Waals surface area contributed by atoms with Crippen LogP contribution in [-0.4, -0.2) is 41.5 Å². The normalized spacial score (nSPS) is 18.2. The molecule has 2 aromatic rings. The van der Waals surface area contributed by atoms with Crippen LogP contribution in [0.4, 0.5) is 5.69 Å². The van der Waals surface area contributed by atoms with Crippen molar-refractivity contribution in [2.24, 2.45) is 0 Å². The van der Waals surface area contributed by atoms with Crippen LogP contribution in [0.2, 0.25) is 0 Å². The van der Waals surface area contributed by atoms with Crippen LogP contribution in [-0.2, 0) is 11.2 Å². The number of aromatic nitrogens is 1. The topological polar surface area (TPSA) is 36.4 Å². The molecule has 1 aromatic heterocycles. The van der Waals surface area contributed by atoms with Crippen LogP contribution in [0.3, 0.4) is 0 Å². The van der Waals surface area contributed by atoms with Crippen molar-refractivity contribution < 1.29 is 4.79 Å². The van der Waals surface area contributed by atoms with Gasteiger partial charge in [0.15, 0.2) is 0 Å². The van der Waals surface area contributed by atoms with Gasteiger partial charge < -0.3 is 9.80 Å². The van der Waals surface area contributed by atoms with Crippen LogP contribution < -0.4 is 4.90 Å². The molecule has 0 bridgehead atoms. The number of carbonyl (C=O) groups is 1. The van der Waals surface area contributed by atoms with Crippen molar-refractivity contribution in [1.82, 2.24) is 9.88 Å². The van der Waals surface area contributed by atoms with E-state index < -0.39 is 0 Å². The molecule has 3 rings (SSSR count). The second kappa shape index (κ2) is 8.00. The summed E-state index contributed by atoms with van der Waals surface area (Å²) >= 11 is 3.41. The average Bonchev–Trinajstić information content (AvgIpc) is 3.11. The van der Waals surface area contributed by atoms with Gasteiger partial charge in [-0.15, -0.1) is 0 Å². The van der Waals surface area contributed by atoms with Gasteiger partial charge >= 0.3 is 0 Å². The molecule has 1 aromatic carbocycles. The van der Waals surface area contributed by atoms with Crippen molar-refractivity contribution in [3.8, 4) is 0 Å². The second-order valence-electron chi connectivity index (χ2n) is 6.67. The number of hydrogen-bond acceptors (Lipinski definition) is 3. The highest BCUT2D eigenvalue weighted by Gasteiger charge is 2.33. The van der Waals surface area contributed by atoms with Crippen molar-refractivity contribution >= 4 is 27.5 Å². The molecule has 0 radical (unpaired) electrons. The molecule has 5 heteroatoms. The number of carbonyl (C=O) groups excluding carboxylic acids is 1. The van der Waals surface area contributed by atoms with E-state index in [-0.39, 0.29) is 11.9 Å². The second-order valence-corrected chi connectivity index (χ2v) is 7.59. The van der Waals surface area contributed by atoms with Gasteiger partial charge in [-0.3, -0.25) is 9.78 Å². The maximum absolute atomic E-state index is 12.7. The number of para-hydroxylation sites is 1. The Morgan fingerprint density at radius 3 is 2.84 bits per heavy atom. The highest BCUT2D eigenvalue weighted by molar-refractivity contribution is 9.10. The number of amides is 1. The molecule has 1 fully saturated rings. The maximum Gasteiger partial charge on any atom is 0.227 e. The van der Waals surface area contributed by atoms with Crippen LogP contribution in [0.1, 0.15) is 25.3 Å². The van der Waals surface area contributed by atoms with Gasteiger partial charge in [-0.2, -0.15) is 0 Å². The summed E-state index contributed by atoms with van der Waals surface area (Å²) in [4.78, 5) is 21.2. The zero-order chi connectivity index (χ0) is 17.8. The number of benzene rings is 1. The first-order chi connectivity index (χ1) is 12.1. The van der Waals surface area contributed by atoms with Gasteiger partial charge in [-0.25, -0.2) is 0 Å². The molecule has 2 atom stereocenters. The highest BCUT2D eigenvalue weighted by Crippen LogP contribution is 2.28. The molecular weight excluding hydrogens is 378 g/mol. The third-order valence-corrected chi connectivity index (χ3v) is 5.50. The lowest BCUT2D eigenvalue weighted by molar-refractivity contribution is -0.131. The number of halogens is 1. The van der Waals surface area contributed by atoms with Crippen molar-refractivity contribution in [3.05, 3.63) is 58.8 Å². The minimum atomic E-state index is 0.132. The van der Waals surface area contributed by atoms with E-state index in [0.717, 1.165) is 23.0 Å². The fraction of sp³-hybridized carbons (Fsp3) is 0.400. The lowest BCUT2D eigenvalue weighted by Crippen LogP contribution is -2.48. The predicted molar refractivity (Wildman–Crippen MR) is 105 cm³/mol. The minimum Gasteiger partial charge on any atom is -0.366 e. The minimum absolute atomic E-state index is 0.132. The Bertz CT molecular complexity index is 722. The fourth-order valence-corrected chi connectivity index (χ4v) is 3.98.